The lowest BCUT2D eigenvalue weighted by molar-refractivity contribution is -0.155. The van der Waals surface area contributed by atoms with Crippen LogP contribution < -0.4 is 0 Å². The number of benzene rings is 4. The van der Waals surface area contributed by atoms with Crippen LogP contribution in [0.5, 0.6) is 0 Å². The summed E-state index contributed by atoms with van der Waals surface area (Å²) in [5.41, 5.74) is 0.641. The largest absolute Gasteiger partial charge is 0.453 e. The van der Waals surface area contributed by atoms with Gasteiger partial charge >= 0.3 is 11.9 Å². The van der Waals surface area contributed by atoms with Gasteiger partial charge in [-0.2, -0.15) is 9.98 Å². The van der Waals surface area contributed by atoms with Crippen LogP contribution in [0.1, 0.15) is 53.7 Å². The molecule has 0 atom stereocenters. The molecule has 0 aromatic heterocycles. The molecule has 4 aromatic rings. The molecule has 4 rings (SSSR count). The van der Waals surface area contributed by atoms with E-state index in [2.05, 4.69) is 9.98 Å². The first-order valence-corrected chi connectivity index (χ1v) is 13.3. The Kier molecular flexibility index (Phi) is 10.4. The van der Waals surface area contributed by atoms with Crippen molar-refractivity contribution in [3.63, 3.8) is 0 Å². The average Bonchev–Trinajstić information content (AvgIpc) is 3.04. The van der Waals surface area contributed by atoms with Gasteiger partial charge in [-0.1, -0.05) is 121 Å². The molecule has 8 heteroatoms. The summed E-state index contributed by atoms with van der Waals surface area (Å²) in [7, 11) is 0. The maximum atomic E-state index is 13.5. The zero-order chi connectivity index (χ0) is 29.6. The maximum absolute atomic E-state index is 13.5. The standard InChI is InChI=1S/C34H28N2O6/c37-24-35-34(36-25-38,33(40)42-32(28-18-9-3-10-19-28)29-20-11-4-12-21-29)23-13-22-30(39)41-31(26-14-5-1-6-15-26)27-16-7-2-8-17-27/h1-12,14-21,31-32H,13,22-23H2. The zero-order valence-electron chi connectivity index (χ0n) is 22.7. The third-order valence-electron chi connectivity index (χ3n) is 6.58. The van der Waals surface area contributed by atoms with Crippen molar-refractivity contribution >= 4 is 24.1 Å². The van der Waals surface area contributed by atoms with E-state index in [9.17, 15) is 19.2 Å². The van der Waals surface area contributed by atoms with Crippen LogP contribution in [-0.4, -0.2) is 29.8 Å². The second kappa shape index (κ2) is 14.8. The molecule has 0 spiro atoms. The lowest BCUT2D eigenvalue weighted by atomic mass is 10.00. The van der Waals surface area contributed by atoms with Gasteiger partial charge in [0.15, 0.2) is 12.2 Å². The van der Waals surface area contributed by atoms with Gasteiger partial charge in [-0.15, -0.1) is 0 Å². The maximum Gasteiger partial charge on any atom is 0.359 e. The van der Waals surface area contributed by atoms with Gasteiger partial charge in [0.2, 0.25) is 12.2 Å². The highest BCUT2D eigenvalue weighted by atomic mass is 16.6. The first kappa shape index (κ1) is 29.6. The van der Waals surface area contributed by atoms with Gasteiger partial charge in [-0.3, -0.25) is 4.79 Å². The van der Waals surface area contributed by atoms with Crippen LogP contribution >= 0.6 is 0 Å². The Morgan fingerprint density at radius 2 is 0.952 bits per heavy atom. The van der Waals surface area contributed by atoms with Gasteiger partial charge in [-0.05, 0) is 28.7 Å². The van der Waals surface area contributed by atoms with Gasteiger partial charge in [0.25, 0.3) is 5.66 Å². The molecule has 0 unspecified atom stereocenters. The fraction of sp³-hybridized carbons (Fsp3) is 0.176. The first-order valence-electron chi connectivity index (χ1n) is 13.3. The molecule has 0 aliphatic heterocycles. The summed E-state index contributed by atoms with van der Waals surface area (Å²) in [6, 6.07) is 36.5. The lowest BCUT2D eigenvalue weighted by Gasteiger charge is -2.25. The number of nitrogens with zero attached hydrogens (tertiary/aromatic N) is 2. The molecule has 0 saturated heterocycles. The van der Waals surface area contributed by atoms with Crippen molar-refractivity contribution in [1.82, 2.24) is 0 Å². The number of hydrogen-bond donors (Lipinski definition) is 0. The van der Waals surface area contributed by atoms with E-state index < -0.39 is 29.8 Å². The molecule has 0 aliphatic rings. The number of esters is 2. The third kappa shape index (κ3) is 7.61. The van der Waals surface area contributed by atoms with Crippen LogP contribution in [0.25, 0.3) is 0 Å². The van der Waals surface area contributed by atoms with Gasteiger partial charge in [0.1, 0.15) is 0 Å². The van der Waals surface area contributed by atoms with Crippen LogP contribution in [0.2, 0.25) is 0 Å². The van der Waals surface area contributed by atoms with Crippen LogP contribution in [-0.2, 0) is 28.7 Å². The van der Waals surface area contributed by atoms with Crippen molar-refractivity contribution in [2.45, 2.75) is 37.1 Å². The Hall–Kier alpha value is -5.42. The molecule has 0 N–H and O–H groups in total. The molecule has 210 valence electrons. The smallest absolute Gasteiger partial charge is 0.359 e. The zero-order valence-corrected chi connectivity index (χ0v) is 22.7. The molecule has 0 fully saturated rings. The van der Waals surface area contributed by atoms with Crippen molar-refractivity contribution in [3.8, 4) is 0 Å². The normalized spacial score (nSPS) is 12.0. The fourth-order valence-electron chi connectivity index (χ4n) is 4.52. The number of hydrogen-bond acceptors (Lipinski definition) is 8. The molecule has 0 radical (unpaired) electrons. The van der Waals surface area contributed by atoms with E-state index in [1.54, 1.807) is 48.5 Å². The molecular formula is C34H28N2O6. The minimum absolute atomic E-state index is 0.00192. The number of isocyanates is 2. The third-order valence-corrected chi connectivity index (χ3v) is 6.58. The molecule has 42 heavy (non-hydrogen) atoms. The van der Waals surface area contributed by atoms with Crippen molar-refractivity contribution in [3.05, 3.63) is 144 Å². The van der Waals surface area contributed by atoms with E-state index in [-0.39, 0.29) is 19.3 Å². The minimum Gasteiger partial charge on any atom is -0.453 e. The number of ether oxygens (including phenoxy) is 2. The van der Waals surface area contributed by atoms with E-state index in [4.69, 9.17) is 9.47 Å². The number of aliphatic imine (C=N–C) groups is 2. The van der Waals surface area contributed by atoms with Crippen LogP contribution in [0.3, 0.4) is 0 Å². The molecule has 4 aromatic carbocycles. The van der Waals surface area contributed by atoms with Gasteiger partial charge in [-0.25, -0.2) is 14.4 Å². The van der Waals surface area contributed by atoms with E-state index >= 15 is 0 Å². The minimum atomic E-state index is -2.26. The second-order valence-electron chi connectivity index (χ2n) is 9.37. The van der Waals surface area contributed by atoms with Crippen molar-refractivity contribution in [2.75, 3.05) is 0 Å². The highest BCUT2D eigenvalue weighted by Crippen LogP contribution is 2.32. The van der Waals surface area contributed by atoms with Crippen LogP contribution in [0.15, 0.2) is 131 Å². The van der Waals surface area contributed by atoms with Gasteiger partial charge in [0, 0.05) is 12.8 Å². The second-order valence-corrected chi connectivity index (χ2v) is 9.37. The molecule has 8 nitrogen and oxygen atoms in total. The van der Waals surface area contributed by atoms with Gasteiger partial charge in [0.05, 0.1) is 0 Å². The topological polar surface area (TPSA) is 111 Å². The summed E-state index contributed by atoms with van der Waals surface area (Å²) in [4.78, 5) is 56.5. The molecule has 0 amide bonds. The average molecular weight is 561 g/mol. The molecule has 0 heterocycles. The van der Waals surface area contributed by atoms with Crippen molar-refractivity contribution < 1.29 is 28.7 Å². The summed E-state index contributed by atoms with van der Waals surface area (Å²) < 4.78 is 11.7. The Morgan fingerprint density at radius 1 is 0.595 bits per heavy atom. The Balaban J connectivity index is 1.51. The van der Waals surface area contributed by atoms with E-state index in [1.165, 1.54) is 12.2 Å². The fourth-order valence-corrected chi connectivity index (χ4v) is 4.52. The van der Waals surface area contributed by atoms with Crippen LogP contribution in [0, 0.1) is 0 Å². The SMILES string of the molecule is O=C=NC(CCCC(=O)OC(c1ccccc1)c1ccccc1)(N=C=O)C(=O)OC(c1ccccc1)c1ccccc1. The summed E-state index contributed by atoms with van der Waals surface area (Å²) in [5, 5.41) is 0. The van der Waals surface area contributed by atoms with Crippen LogP contribution in [0.4, 0.5) is 0 Å². The monoisotopic (exact) mass is 560 g/mol. The number of carbonyl (C=O) groups is 2. The predicted octanol–water partition coefficient (Wildman–Crippen LogP) is 6.19. The van der Waals surface area contributed by atoms with E-state index in [1.807, 2.05) is 72.8 Å². The first-order chi connectivity index (χ1) is 20.6. The molecular weight excluding hydrogens is 532 g/mol. The Labute approximate surface area is 243 Å². The Bertz CT molecular complexity index is 1450. The number of rotatable bonds is 13. The molecule has 0 aliphatic carbocycles. The van der Waals surface area contributed by atoms with Gasteiger partial charge < -0.3 is 9.47 Å². The lowest BCUT2D eigenvalue weighted by Crippen LogP contribution is -2.37. The van der Waals surface area contributed by atoms with Crippen molar-refractivity contribution in [1.29, 1.82) is 0 Å². The quantitative estimate of drug-likeness (QED) is 0.110. The molecule has 0 saturated carbocycles. The molecule has 0 bridgehead atoms. The summed E-state index contributed by atoms with van der Waals surface area (Å²) in [6.07, 6.45) is 0.706. The summed E-state index contributed by atoms with van der Waals surface area (Å²) in [6.45, 7) is 0. The number of carbonyl (C=O) groups excluding carboxylic acids is 4. The van der Waals surface area contributed by atoms with E-state index in [0.717, 1.165) is 11.1 Å². The summed E-state index contributed by atoms with van der Waals surface area (Å²) in [5.74, 6) is -1.60. The Morgan fingerprint density at radius 3 is 1.31 bits per heavy atom. The predicted molar refractivity (Wildman–Crippen MR) is 154 cm³/mol. The summed E-state index contributed by atoms with van der Waals surface area (Å²) >= 11 is 0. The highest BCUT2D eigenvalue weighted by molar-refractivity contribution is 5.83. The highest BCUT2D eigenvalue weighted by Gasteiger charge is 2.42. The van der Waals surface area contributed by atoms with E-state index in [0.29, 0.717) is 11.1 Å². The van der Waals surface area contributed by atoms with Crippen molar-refractivity contribution in [2.24, 2.45) is 9.98 Å².